The first-order chi connectivity index (χ1) is 15.9. The molecule has 1 saturated heterocycles. The summed E-state index contributed by atoms with van der Waals surface area (Å²) >= 11 is 6.05. The van der Waals surface area contributed by atoms with E-state index in [0.29, 0.717) is 48.2 Å². The van der Waals surface area contributed by atoms with Gasteiger partial charge in [0.05, 0.1) is 12.1 Å². The van der Waals surface area contributed by atoms with Crippen molar-refractivity contribution in [3.05, 3.63) is 63.8 Å². The Labute approximate surface area is 198 Å². The number of fused-ring (bicyclic) bond motifs is 1. The molecule has 2 amide bonds. The summed E-state index contributed by atoms with van der Waals surface area (Å²) in [5.41, 5.74) is 9.50. The Morgan fingerprint density at radius 3 is 2.64 bits per heavy atom. The lowest BCUT2D eigenvalue weighted by Gasteiger charge is -2.32. The van der Waals surface area contributed by atoms with E-state index in [0.717, 1.165) is 41.5 Å². The largest absolute Gasteiger partial charge is 0.384 e. The lowest BCUT2D eigenvalue weighted by Crippen LogP contribution is -2.39. The molecule has 1 aromatic heterocycles. The van der Waals surface area contributed by atoms with Crippen molar-refractivity contribution < 1.29 is 14.3 Å². The number of aromatic nitrogens is 2. The first kappa shape index (κ1) is 23.3. The zero-order valence-corrected chi connectivity index (χ0v) is 19.8. The fourth-order valence-corrected chi connectivity index (χ4v) is 4.89. The van der Waals surface area contributed by atoms with Gasteiger partial charge in [0.15, 0.2) is 0 Å². The van der Waals surface area contributed by atoms with Crippen LogP contribution in [-0.2, 0) is 17.7 Å². The van der Waals surface area contributed by atoms with Gasteiger partial charge in [0, 0.05) is 60.4 Å². The molecule has 2 heterocycles. The number of likely N-dealkylation sites (tertiary alicyclic amines) is 1. The zero-order valence-electron chi connectivity index (χ0n) is 19.0. The highest BCUT2D eigenvalue weighted by molar-refractivity contribution is 6.30. The Hall–Kier alpha value is -2.90. The van der Waals surface area contributed by atoms with Crippen LogP contribution in [0.2, 0.25) is 5.02 Å². The maximum absolute atomic E-state index is 12.8. The van der Waals surface area contributed by atoms with Gasteiger partial charge in [-0.05, 0) is 61.6 Å². The predicted octanol–water partition coefficient (Wildman–Crippen LogP) is 3.84. The molecule has 33 heavy (non-hydrogen) atoms. The van der Waals surface area contributed by atoms with E-state index in [-0.39, 0.29) is 5.91 Å². The van der Waals surface area contributed by atoms with Crippen LogP contribution < -0.4 is 5.73 Å². The molecule has 0 atom stereocenters. The molecule has 8 heteroatoms. The lowest BCUT2D eigenvalue weighted by atomic mass is 9.96. The summed E-state index contributed by atoms with van der Waals surface area (Å²) in [5.74, 6) is -0.00677. The van der Waals surface area contributed by atoms with Crippen LogP contribution in [-0.4, -0.2) is 53.3 Å². The smallest absolute Gasteiger partial charge is 0.253 e. The van der Waals surface area contributed by atoms with Crippen molar-refractivity contribution in [3.63, 3.8) is 0 Å². The number of hydrogen-bond acceptors (Lipinski definition) is 4. The van der Waals surface area contributed by atoms with Crippen LogP contribution in [0.3, 0.4) is 0 Å². The summed E-state index contributed by atoms with van der Waals surface area (Å²) < 4.78 is 7.39. The highest BCUT2D eigenvalue weighted by Crippen LogP contribution is 2.28. The molecule has 1 aliphatic rings. The zero-order chi connectivity index (χ0) is 23.5. The molecule has 174 valence electrons. The highest BCUT2D eigenvalue weighted by Gasteiger charge is 2.26. The molecule has 4 rings (SSSR count). The van der Waals surface area contributed by atoms with Gasteiger partial charge in [-0.2, -0.15) is 5.10 Å². The minimum Gasteiger partial charge on any atom is -0.384 e. The van der Waals surface area contributed by atoms with Gasteiger partial charge in [0.2, 0.25) is 5.91 Å². The van der Waals surface area contributed by atoms with Gasteiger partial charge >= 0.3 is 0 Å². The summed E-state index contributed by atoms with van der Waals surface area (Å²) in [7, 11) is 1.68. The van der Waals surface area contributed by atoms with Crippen LogP contribution in [0.1, 0.15) is 44.8 Å². The van der Waals surface area contributed by atoms with Crippen LogP contribution in [0.5, 0.6) is 0 Å². The quantitative estimate of drug-likeness (QED) is 0.570. The summed E-state index contributed by atoms with van der Waals surface area (Å²) in [4.78, 5) is 26.6. The Kier molecular flexibility index (Phi) is 7.00. The second-order valence-corrected chi connectivity index (χ2v) is 9.05. The van der Waals surface area contributed by atoms with E-state index in [1.165, 1.54) is 0 Å². The number of primary amides is 1. The van der Waals surface area contributed by atoms with Crippen molar-refractivity contribution in [3.8, 4) is 0 Å². The minimum absolute atomic E-state index is 0.0242. The Bertz CT molecular complexity index is 1180. The van der Waals surface area contributed by atoms with Gasteiger partial charge < -0.3 is 15.4 Å². The Balaban J connectivity index is 1.51. The third kappa shape index (κ3) is 4.89. The van der Waals surface area contributed by atoms with E-state index in [9.17, 15) is 9.59 Å². The predicted molar refractivity (Wildman–Crippen MR) is 129 cm³/mol. The molecule has 0 spiro atoms. The standard InChI is InChI=1S/C25H29ClN4O3/c1-16-20(24(27)31)6-7-21-23(16)22(10-13-33-2)30(28-21)15-17-8-11-29(12-9-17)25(32)18-4-3-5-19(26)14-18/h3-7,14,17H,8-13,15H2,1-2H3,(H2,27,31). The molecule has 7 nitrogen and oxygen atoms in total. The number of nitrogens with two attached hydrogens (primary N) is 1. The van der Waals surface area contributed by atoms with Crippen molar-refractivity contribution >= 4 is 34.3 Å². The van der Waals surface area contributed by atoms with Crippen LogP contribution in [0.4, 0.5) is 0 Å². The second kappa shape index (κ2) is 9.93. The van der Waals surface area contributed by atoms with Crippen molar-refractivity contribution in [2.75, 3.05) is 26.8 Å². The van der Waals surface area contributed by atoms with Gasteiger partial charge in [-0.15, -0.1) is 0 Å². The molecule has 0 unspecified atom stereocenters. The van der Waals surface area contributed by atoms with E-state index < -0.39 is 5.91 Å². The Morgan fingerprint density at radius 2 is 1.97 bits per heavy atom. The first-order valence-corrected chi connectivity index (χ1v) is 11.6. The normalized spacial score (nSPS) is 14.7. The molecule has 0 bridgehead atoms. The maximum Gasteiger partial charge on any atom is 0.253 e. The number of carbonyl (C=O) groups excluding carboxylic acids is 2. The Morgan fingerprint density at radius 1 is 1.21 bits per heavy atom. The topological polar surface area (TPSA) is 90.5 Å². The number of ether oxygens (including phenoxy) is 1. The van der Waals surface area contributed by atoms with Crippen LogP contribution in [0, 0.1) is 12.8 Å². The number of amides is 2. The van der Waals surface area contributed by atoms with Crippen molar-refractivity contribution in [1.29, 1.82) is 0 Å². The molecule has 1 aliphatic heterocycles. The fourth-order valence-electron chi connectivity index (χ4n) is 4.70. The van der Waals surface area contributed by atoms with Crippen molar-refractivity contribution in [2.45, 2.75) is 32.7 Å². The van der Waals surface area contributed by atoms with Crippen LogP contribution in [0.15, 0.2) is 36.4 Å². The average molecular weight is 469 g/mol. The monoisotopic (exact) mass is 468 g/mol. The number of benzene rings is 2. The van der Waals surface area contributed by atoms with E-state index in [1.54, 1.807) is 37.4 Å². The molecule has 2 aromatic carbocycles. The summed E-state index contributed by atoms with van der Waals surface area (Å²) in [6.45, 7) is 4.65. The molecule has 1 fully saturated rings. The summed E-state index contributed by atoms with van der Waals surface area (Å²) in [6.07, 6.45) is 2.50. The van der Waals surface area contributed by atoms with Gasteiger partial charge in [-0.1, -0.05) is 17.7 Å². The summed E-state index contributed by atoms with van der Waals surface area (Å²) in [6, 6.07) is 10.7. The number of aryl methyl sites for hydroxylation is 1. The van der Waals surface area contributed by atoms with Gasteiger partial charge in [-0.25, -0.2) is 0 Å². The third-order valence-electron chi connectivity index (χ3n) is 6.48. The molecule has 3 aromatic rings. The number of nitrogens with zero attached hydrogens (tertiary/aromatic N) is 3. The third-order valence-corrected chi connectivity index (χ3v) is 6.72. The maximum atomic E-state index is 12.8. The SMILES string of the molecule is COCCc1c2c(C)c(C(N)=O)ccc2nn1CC1CCN(C(=O)c2cccc(Cl)c2)CC1. The van der Waals surface area contributed by atoms with Gasteiger partial charge in [0.1, 0.15) is 0 Å². The average Bonchev–Trinajstić information content (AvgIpc) is 3.15. The van der Waals surface area contributed by atoms with E-state index in [4.69, 9.17) is 27.2 Å². The van der Waals surface area contributed by atoms with Crippen molar-refractivity contribution in [2.24, 2.45) is 11.7 Å². The number of piperidine rings is 1. The number of methoxy groups -OCH3 is 1. The van der Waals surface area contributed by atoms with E-state index in [1.807, 2.05) is 17.9 Å². The molecular formula is C25H29ClN4O3. The number of rotatable bonds is 7. The van der Waals surface area contributed by atoms with Gasteiger partial charge in [0.25, 0.3) is 5.91 Å². The van der Waals surface area contributed by atoms with Crippen LogP contribution >= 0.6 is 11.6 Å². The first-order valence-electron chi connectivity index (χ1n) is 11.2. The second-order valence-electron chi connectivity index (χ2n) is 8.61. The van der Waals surface area contributed by atoms with Crippen molar-refractivity contribution in [1.82, 2.24) is 14.7 Å². The lowest BCUT2D eigenvalue weighted by molar-refractivity contribution is 0.0680. The van der Waals surface area contributed by atoms with Gasteiger partial charge in [-0.3, -0.25) is 14.3 Å². The molecule has 2 N–H and O–H groups in total. The van der Waals surface area contributed by atoms with Crippen LogP contribution in [0.25, 0.3) is 10.9 Å². The number of carbonyl (C=O) groups is 2. The van der Waals surface area contributed by atoms with E-state index in [2.05, 4.69) is 4.68 Å². The van der Waals surface area contributed by atoms with E-state index >= 15 is 0 Å². The fraction of sp³-hybridized carbons (Fsp3) is 0.400. The number of hydrogen-bond donors (Lipinski definition) is 1. The molecule has 0 radical (unpaired) electrons. The molecule has 0 saturated carbocycles. The molecule has 0 aliphatic carbocycles. The minimum atomic E-state index is -0.434. The molecular weight excluding hydrogens is 440 g/mol. The summed E-state index contributed by atoms with van der Waals surface area (Å²) in [5, 5.41) is 6.40. The number of halogens is 1. The highest BCUT2D eigenvalue weighted by atomic mass is 35.5.